The van der Waals surface area contributed by atoms with E-state index in [1.165, 1.54) is 11.0 Å². The Morgan fingerprint density at radius 1 is 1.11 bits per heavy atom. The number of aromatic nitrogens is 5. The lowest BCUT2D eigenvalue weighted by Crippen LogP contribution is -2.71. The van der Waals surface area contributed by atoms with Gasteiger partial charge in [0.2, 0.25) is 5.91 Å². The molecule has 5 saturated carbocycles. The van der Waals surface area contributed by atoms with E-state index in [0.29, 0.717) is 28.9 Å². The SMILES string of the molecule is Cc1nonc1C(=O)N[C@H](c1nc2nc([C@@H]3C[C@@](O)(C(F)(F)F)CCN3C(=O)C34CC(F)(C3)C4)ccc2[nH]1)C(C1CC1)C1CC1. The van der Waals surface area contributed by atoms with E-state index >= 15 is 0 Å². The molecule has 3 atom stereocenters. The fraction of sp³-hybridized carbons (Fsp3) is 0.667. The largest absolute Gasteiger partial charge is 0.417 e. The van der Waals surface area contributed by atoms with Crippen LogP contribution >= 0.6 is 0 Å². The van der Waals surface area contributed by atoms with Crippen molar-refractivity contribution in [1.29, 1.82) is 0 Å². The van der Waals surface area contributed by atoms with Crippen molar-refractivity contribution >= 4 is 23.0 Å². The number of hydrogen-bond acceptors (Lipinski definition) is 8. The summed E-state index contributed by atoms with van der Waals surface area (Å²) in [5.74, 6) is 0.570. The van der Waals surface area contributed by atoms with E-state index < -0.39 is 59.6 Å². The molecule has 1 saturated heterocycles. The Hall–Kier alpha value is -3.62. The summed E-state index contributed by atoms with van der Waals surface area (Å²) in [6.45, 7) is 1.29. The minimum atomic E-state index is -4.91. The molecule has 45 heavy (non-hydrogen) atoms. The van der Waals surface area contributed by atoms with Crippen LogP contribution in [-0.2, 0) is 4.79 Å². The fourth-order valence-electron chi connectivity index (χ4n) is 8.10. The molecule has 3 aromatic rings. The van der Waals surface area contributed by atoms with Crippen molar-refractivity contribution in [3.05, 3.63) is 35.0 Å². The van der Waals surface area contributed by atoms with Gasteiger partial charge in [-0.25, -0.2) is 19.0 Å². The monoisotopic (exact) mass is 631 g/mol. The highest BCUT2D eigenvalue weighted by molar-refractivity contribution is 5.93. The number of carbonyl (C=O) groups is 2. The first-order valence-electron chi connectivity index (χ1n) is 15.5. The van der Waals surface area contributed by atoms with Crippen LogP contribution in [-0.4, -0.2) is 71.1 Å². The van der Waals surface area contributed by atoms with Gasteiger partial charge in [-0.1, -0.05) is 5.16 Å². The number of halogens is 4. The van der Waals surface area contributed by atoms with Crippen molar-refractivity contribution in [2.75, 3.05) is 6.54 Å². The molecular formula is C30H33F4N7O4. The van der Waals surface area contributed by atoms with Gasteiger partial charge in [0.25, 0.3) is 5.91 Å². The lowest BCUT2D eigenvalue weighted by molar-refractivity contribution is -0.280. The molecule has 0 spiro atoms. The van der Waals surface area contributed by atoms with Crippen molar-refractivity contribution in [2.45, 2.75) is 94.2 Å². The molecule has 0 radical (unpaired) electrons. The summed E-state index contributed by atoms with van der Waals surface area (Å²) in [4.78, 5) is 40.8. The van der Waals surface area contributed by atoms with Gasteiger partial charge in [-0.2, -0.15) is 13.2 Å². The van der Waals surface area contributed by atoms with E-state index in [2.05, 4.69) is 25.6 Å². The second-order valence-corrected chi connectivity index (χ2v) is 14.1. The average Bonchev–Trinajstić information content (AvgIpc) is 3.89. The lowest BCUT2D eigenvalue weighted by Gasteiger charge is -2.65. The maximum atomic E-state index is 14.3. The van der Waals surface area contributed by atoms with Gasteiger partial charge < -0.3 is 20.3 Å². The number of rotatable bonds is 8. The standard InChI is InChI=1S/C30H33F4N7O4/c1-14-21(40-45-39-14)25(42)37-22(20(15-2-3-15)16-4-5-16)24-36-18-7-6-17(35-23(18)38-24)19-10-29(44,30(32,33)34)8-9-41(19)26(43)27-11-28(31,12-27)13-27/h6-7,15-16,19-20,22,44H,2-5,8-13H2,1H3,(H,37,42)(H,35,36,38)/t19-,22-,27?,28?,29+/m0/s1. The number of aromatic amines is 1. The number of nitrogens with zero attached hydrogens (tertiary/aromatic N) is 5. The normalized spacial score (nSPS) is 31.9. The highest BCUT2D eigenvalue weighted by Gasteiger charge is 2.74. The van der Waals surface area contributed by atoms with Crippen LogP contribution < -0.4 is 5.32 Å². The Labute approximate surface area is 254 Å². The molecule has 2 amide bonds. The van der Waals surface area contributed by atoms with E-state index in [4.69, 9.17) is 9.61 Å². The number of pyridine rings is 1. The van der Waals surface area contributed by atoms with Gasteiger partial charge in [0.1, 0.15) is 17.2 Å². The predicted molar refractivity (Wildman–Crippen MR) is 147 cm³/mol. The first-order chi connectivity index (χ1) is 21.3. The molecule has 0 aromatic carbocycles. The van der Waals surface area contributed by atoms with Crippen molar-refractivity contribution in [2.24, 2.45) is 23.2 Å². The number of hydrogen-bond donors (Lipinski definition) is 3. The number of likely N-dealkylation sites (tertiary alicyclic amines) is 1. The number of aryl methyl sites for hydroxylation is 1. The number of carbonyl (C=O) groups excluding carboxylic acids is 2. The number of fused-ring (bicyclic) bond motifs is 1. The van der Waals surface area contributed by atoms with Crippen LogP contribution in [0.3, 0.4) is 0 Å². The summed E-state index contributed by atoms with van der Waals surface area (Å²) in [7, 11) is 0. The molecule has 15 heteroatoms. The molecule has 6 aliphatic rings. The van der Waals surface area contributed by atoms with Crippen molar-refractivity contribution in [3.8, 4) is 0 Å². The molecule has 3 N–H and O–H groups in total. The second kappa shape index (κ2) is 9.46. The minimum Gasteiger partial charge on any atom is -0.380 e. The number of imidazole rings is 1. The fourth-order valence-corrected chi connectivity index (χ4v) is 8.10. The topological polar surface area (TPSA) is 150 Å². The van der Waals surface area contributed by atoms with Crippen molar-refractivity contribution < 1.29 is 36.9 Å². The molecular weight excluding hydrogens is 598 g/mol. The van der Waals surface area contributed by atoms with Gasteiger partial charge in [-0.05, 0) is 86.9 Å². The zero-order chi connectivity index (χ0) is 31.5. The van der Waals surface area contributed by atoms with Gasteiger partial charge >= 0.3 is 6.18 Å². The average molecular weight is 632 g/mol. The quantitative estimate of drug-likeness (QED) is 0.310. The van der Waals surface area contributed by atoms with Gasteiger partial charge in [0.15, 0.2) is 16.9 Å². The predicted octanol–water partition coefficient (Wildman–Crippen LogP) is 4.41. The Bertz CT molecular complexity index is 1670. The Morgan fingerprint density at radius 3 is 2.38 bits per heavy atom. The van der Waals surface area contributed by atoms with Crippen molar-refractivity contribution in [1.82, 2.24) is 35.5 Å². The summed E-state index contributed by atoms with van der Waals surface area (Å²) in [5.41, 5.74) is -3.95. The summed E-state index contributed by atoms with van der Waals surface area (Å²) >= 11 is 0. The summed E-state index contributed by atoms with van der Waals surface area (Å²) < 4.78 is 61.1. The van der Waals surface area contributed by atoms with Gasteiger partial charge in [-0.3, -0.25) is 9.59 Å². The first kappa shape index (κ1) is 28.8. The zero-order valence-corrected chi connectivity index (χ0v) is 24.5. The molecule has 2 bridgehead atoms. The highest BCUT2D eigenvalue weighted by Crippen LogP contribution is 2.70. The highest BCUT2D eigenvalue weighted by atomic mass is 19.4. The first-order valence-corrected chi connectivity index (χ1v) is 15.5. The van der Waals surface area contributed by atoms with Gasteiger partial charge in [0.05, 0.1) is 28.7 Å². The molecule has 0 unspecified atom stereocenters. The Morgan fingerprint density at radius 2 is 1.80 bits per heavy atom. The maximum absolute atomic E-state index is 14.3. The number of aliphatic hydroxyl groups is 1. The van der Waals surface area contributed by atoms with E-state index in [0.717, 1.165) is 25.7 Å². The smallest absolute Gasteiger partial charge is 0.380 e. The molecule has 3 aromatic heterocycles. The Balaban J connectivity index is 1.14. The molecule has 11 nitrogen and oxygen atoms in total. The van der Waals surface area contributed by atoms with E-state index in [9.17, 15) is 32.3 Å². The number of H-pyrrole nitrogens is 1. The van der Waals surface area contributed by atoms with Crippen LogP contribution in [0.1, 0.15) is 97.6 Å². The molecule has 6 fully saturated rings. The van der Waals surface area contributed by atoms with Crippen LogP contribution in [0.15, 0.2) is 16.8 Å². The Kier molecular flexibility index (Phi) is 6.06. The lowest BCUT2D eigenvalue weighted by atomic mass is 9.41. The van der Waals surface area contributed by atoms with Crippen LogP contribution in [0.5, 0.6) is 0 Å². The molecule has 1 aliphatic heterocycles. The molecule has 5 aliphatic carbocycles. The third-order valence-electron chi connectivity index (χ3n) is 10.8. The summed E-state index contributed by atoms with van der Waals surface area (Å²) in [6, 6.07) is 1.49. The number of amides is 2. The third-order valence-corrected chi connectivity index (χ3v) is 10.8. The van der Waals surface area contributed by atoms with E-state index in [1.54, 1.807) is 13.0 Å². The summed E-state index contributed by atoms with van der Waals surface area (Å²) in [6.07, 6.45) is -1.99. The van der Waals surface area contributed by atoms with Gasteiger partial charge in [-0.15, -0.1) is 0 Å². The molecule has 4 heterocycles. The number of alkyl halides is 4. The molecule has 9 rings (SSSR count). The molecule has 240 valence electrons. The number of nitrogens with one attached hydrogen (secondary N) is 2. The van der Waals surface area contributed by atoms with Gasteiger partial charge in [0, 0.05) is 19.4 Å². The van der Waals surface area contributed by atoms with Crippen molar-refractivity contribution in [3.63, 3.8) is 0 Å². The van der Waals surface area contributed by atoms with E-state index in [1.807, 2.05) is 0 Å². The van der Waals surface area contributed by atoms with Crippen LogP contribution in [0, 0.1) is 30.1 Å². The zero-order valence-electron chi connectivity index (χ0n) is 24.5. The minimum absolute atomic E-state index is 0.0704. The number of piperidine rings is 1. The third kappa shape index (κ3) is 4.63. The maximum Gasteiger partial charge on any atom is 0.417 e. The second-order valence-electron chi connectivity index (χ2n) is 14.1. The van der Waals surface area contributed by atoms with Crippen LogP contribution in [0.2, 0.25) is 0 Å². The van der Waals surface area contributed by atoms with Crippen LogP contribution in [0.25, 0.3) is 11.2 Å². The van der Waals surface area contributed by atoms with E-state index in [-0.39, 0.29) is 48.8 Å². The van der Waals surface area contributed by atoms with Crippen LogP contribution in [0.4, 0.5) is 17.6 Å². The summed E-state index contributed by atoms with van der Waals surface area (Å²) in [5, 5.41) is 21.2.